The highest BCUT2D eigenvalue weighted by atomic mass is 35.5. The molecule has 0 amide bonds. The van der Waals surface area contributed by atoms with E-state index in [1.165, 1.54) is 0 Å². The van der Waals surface area contributed by atoms with E-state index in [0.29, 0.717) is 29.4 Å². The maximum atomic E-state index is 11.0. The average Bonchev–Trinajstić information content (AvgIpc) is 2.42. The minimum atomic E-state index is -3.57. The van der Waals surface area contributed by atoms with Crippen LogP contribution in [0.4, 0.5) is 0 Å². The second-order valence-corrected chi connectivity index (χ2v) is 5.18. The molecule has 1 aromatic heterocycles. The van der Waals surface area contributed by atoms with E-state index < -0.39 is 10.0 Å². The number of hydrogen-bond donors (Lipinski definition) is 1. The number of aryl methyl sites for hydroxylation is 2. The third-order valence-electron chi connectivity index (χ3n) is 2.03. The fourth-order valence-corrected chi connectivity index (χ4v) is 2.44. The highest BCUT2D eigenvalue weighted by Gasteiger charge is 2.18. The van der Waals surface area contributed by atoms with Crippen molar-refractivity contribution in [1.82, 2.24) is 9.78 Å². The fourth-order valence-electron chi connectivity index (χ4n) is 1.35. The van der Waals surface area contributed by atoms with Gasteiger partial charge in [0.2, 0.25) is 10.0 Å². The van der Waals surface area contributed by atoms with Gasteiger partial charge in [-0.05, 0) is 13.3 Å². The summed E-state index contributed by atoms with van der Waals surface area (Å²) in [7, 11) is -3.57. The van der Waals surface area contributed by atoms with Crippen LogP contribution in [0.15, 0.2) is 0 Å². The van der Waals surface area contributed by atoms with Crippen LogP contribution in [0.5, 0.6) is 0 Å². The molecule has 2 N–H and O–H groups in total. The summed E-state index contributed by atoms with van der Waals surface area (Å²) in [5.74, 6) is -0.271. The Bertz CT molecular complexity index is 453. The molecule has 0 saturated heterocycles. The van der Waals surface area contributed by atoms with Crippen molar-refractivity contribution < 1.29 is 8.42 Å². The van der Waals surface area contributed by atoms with Crippen molar-refractivity contribution in [3.05, 3.63) is 16.4 Å². The van der Waals surface area contributed by atoms with E-state index >= 15 is 0 Å². The predicted octanol–water partition coefficient (Wildman–Crippen LogP) is 0.907. The van der Waals surface area contributed by atoms with Crippen LogP contribution in [0.1, 0.15) is 25.2 Å². The quantitative estimate of drug-likeness (QED) is 0.864. The van der Waals surface area contributed by atoms with Crippen molar-refractivity contribution in [3.8, 4) is 0 Å². The topological polar surface area (TPSA) is 78.0 Å². The van der Waals surface area contributed by atoms with Gasteiger partial charge in [-0.15, -0.1) is 0 Å². The zero-order valence-electron chi connectivity index (χ0n) is 8.70. The van der Waals surface area contributed by atoms with Crippen LogP contribution in [0.2, 0.25) is 5.02 Å². The van der Waals surface area contributed by atoms with Gasteiger partial charge in [0.1, 0.15) is 5.75 Å². The third-order valence-corrected chi connectivity index (χ3v) is 3.14. The highest BCUT2D eigenvalue weighted by Crippen LogP contribution is 2.22. The first-order valence-corrected chi connectivity index (χ1v) is 6.72. The molecule has 0 saturated carbocycles. The molecule has 7 heteroatoms. The lowest BCUT2D eigenvalue weighted by molar-refractivity contribution is 0.586. The molecular formula is C8H14ClN3O2S. The van der Waals surface area contributed by atoms with Gasteiger partial charge in [-0.1, -0.05) is 18.5 Å². The predicted molar refractivity (Wildman–Crippen MR) is 59.1 cm³/mol. The fraction of sp³-hybridized carbons (Fsp3) is 0.625. The van der Waals surface area contributed by atoms with Crippen LogP contribution in [-0.2, 0) is 28.7 Å². The number of hydrogen-bond acceptors (Lipinski definition) is 3. The van der Waals surface area contributed by atoms with E-state index in [-0.39, 0.29) is 5.75 Å². The summed E-state index contributed by atoms with van der Waals surface area (Å²) >= 11 is 6.01. The second-order valence-electron chi connectivity index (χ2n) is 3.18. The number of rotatable bonds is 4. The van der Waals surface area contributed by atoms with Gasteiger partial charge in [0.05, 0.1) is 16.4 Å². The summed E-state index contributed by atoms with van der Waals surface area (Å²) in [6, 6.07) is 0. The molecule has 0 aliphatic carbocycles. The van der Waals surface area contributed by atoms with E-state index in [1.54, 1.807) is 4.68 Å². The Labute approximate surface area is 94.3 Å². The van der Waals surface area contributed by atoms with Crippen molar-refractivity contribution >= 4 is 21.6 Å². The number of aromatic nitrogens is 2. The number of primary sulfonamides is 1. The molecule has 0 aliphatic rings. The van der Waals surface area contributed by atoms with E-state index in [4.69, 9.17) is 16.7 Å². The molecule has 0 aromatic carbocycles. The van der Waals surface area contributed by atoms with E-state index in [0.717, 1.165) is 0 Å². The molecule has 1 heterocycles. The molecule has 0 aliphatic heterocycles. The molecule has 15 heavy (non-hydrogen) atoms. The first kappa shape index (κ1) is 12.5. The second kappa shape index (κ2) is 4.51. The lowest BCUT2D eigenvalue weighted by atomic mass is 10.3. The van der Waals surface area contributed by atoms with Crippen molar-refractivity contribution in [2.75, 3.05) is 0 Å². The lowest BCUT2D eigenvalue weighted by Gasteiger charge is -2.02. The number of nitrogens with two attached hydrogens (primary N) is 1. The largest absolute Gasteiger partial charge is 0.267 e. The van der Waals surface area contributed by atoms with E-state index in [2.05, 4.69) is 5.10 Å². The molecule has 0 spiro atoms. The molecular weight excluding hydrogens is 238 g/mol. The van der Waals surface area contributed by atoms with E-state index in [1.807, 2.05) is 13.8 Å². The SMILES string of the molecule is CCc1nn(CC)c(CS(N)(=O)=O)c1Cl. The van der Waals surface area contributed by atoms with Crippen LogP contribution in [0.3, 0.4) is 0 Å². The molecule has 1 rings (SSSR count). The standard InChI is InChI=1S/C8H14ClN3O2S/c1-3-6-8(9)7(5-15(10,13)14)12(4-2)11-6/h3-5H2,1-2H3,(H2,10,13,14). The average molecular weight is 252 g/mol. The molecule has 0 bridgehead atoms. The maximum absolute atomic E-state index is 11.0. The van der Waals surface area contributed by atoms with Crippen molar-refractivity contribution in [2.24, 2.45) is 5.14 Å². The summed E-state index contributed by atoms with van der Waals surface area (Å²) < 4.78 is 23.6. The van der Waals surface area contributed by atoms with Crippen molar-refractivity contribution in [2.45, 2.75) is 32.6 Å². The van der Waals surface area contributed by atoms with Gasteiger partial charge < -0.3 is 0 Å². The molecule has 0 radical (unpaired) electrons. The zero-order valence-corrected chi connectivity index (χ0v) is 10.3. The summed E-state index contributed by atoms with van der Waals surface area (Å²) in [6.07, 6.45) is 0.670. The summed E-state index contributed by atoms with van der Waals surface area (Å²) in [6.45, 7) is 4.36. The maximum Gasteiger partial charge on any atom is 0.214 e. The molecule has 1 aromatic rings. The van der Waals surface area contributed by atoms with Crippen LogP contribution < -0.4 is 5.14 Å². The van der Waals surface area contributed by atoms with Crippen LogP contribution in [0.25, 0.3) is 0 Å². The van der Waals surface area contributed by atoms with E-state index in [9.17, 15) is 8.42 Å². The Morgan fingerprint density at radius 2 is 2.07 bits per heavy atom. The Morgan fingerprint density at radius 1 is 1.47 bits per heavy atom. The number of nitrogens with zero attached hydrogens (tertiary/aromatic N) is 2. The van der Waals surface area contributed by atoms with Crippen molar-refractivity contribution in [3.63, 3.8) is 0 Å². The molecule has 0 atom stereocenters. The van der Waals surface area contributed by atoms with Gasteiger partial charge in [0.25, 0.3) is 0 Å². The Morgan fingerprint density at radius 3 is 2.47 bits per heavy atom. The van der Waals surface area contributed by atoms with Gasteiger partial charge in [-0.25, -0.2) is 13.6 Å². The third kappa shape index (κ3) is 2.93. The summed E-state index contributed by atoms with van der Waals surface area (Å²) in [5, 5.41) is 9.59. The molecule has 86 valence electrons. The monoisotopic (exact) mass is 251 g/mol. The minimum Gasteiger partial charge on any atom is -0.267 e. The van der Waals surface area contributed by atoms with Crippen LogP contribution in [-0.4, -0.2) is 18.2 Å². The first-order valence-electron chi connectivity index (χ1n) is 4.63. The van der Waals surface area contributed by atoms with Crippen LogP contribution in [0, 0.1) is 0 Å². The summed E-state index contributed by atoms with van der Waals surface area (Å²) in [4.78, 5) is 0. The van der Waals surface area contributed by atoms with Gasteiger partial charge in [-0.3, -0.25) is 4.68 Å². The lowest BCUT2D eigenvalue weighted by Crippen LogP contribution is -2.17. The normalized spacial score (nSPS) is 12.0. The van der Waals surface area contributed by atoms with Crippen LogP contribution >= 0.6 is 11.6 Å². The first-order chi connectivity index (χ1) is 6.89. The van der Waals surface area contributed by atoms with Crippen molar-refractivity contribution in [1.29, 1.82) is 0 Å². The Balaban J connectivity index is 3.20. The highest BCUT2D eigenvalue weighted by molar-refractivity contribution is 7.88. The smallest absolute Gasteiger partial charge is 0.214 e. The Kier molecular flexibility index (Phi) is 3.75. The van der Waals surface area contributed by atoms with Gasteiger partial charge in [0, 0.05) is 6.54 Å². The summed E-state index contributed by atoms with van der Waals surface area (Å²) in [5.41, 5.74) is 1.18. The minimum absolute atomic E-state index is 0.271. The molecule has 5 nitrogen and oxygen atoms in total. The van der Waals surface area contributed by atoms with Gasteiger partial charge in [-0.2, -0.15) is 5.10 Å². The molecule has 0 fully saturated rings. The van der Waals surface area contributed by atoms with Gasteiger partial charge in [0.15, 0.2) is 0 Å². The number of sulfonamides is 1. The zero-order chi connectivity index (χ0) is 11.6. The molecule has 0 unspecified atom stereocenters. The van der Waals surface area contributed by atoms with Gasteiger partial charge >= 0.3 is 0 Å². The number of halogens is 1. The Hall–Kier alpha value is -0.590.